The van der Waals surface area contributed by atoms with Gasteiger partial charge in [0, 0.05) is 18.4 Å². The fourth-order valence-corrected chi connectivity index (χ4v) is 2.18. The van der Waals surface area contributed by atoms with Crippen LogP contribution in [0.25, 0.3) is 0 Å². The van der Waals surface area contributed by atoms with Gasteiger partial charge in [-0.15, -0.1) is 0 Å². The molecule has 1 unspecified atom stereocenters. The summed E-state index contributed by atoms with van der Waals surface area (Å²) in [5.74, 6) is -0.180. The summed E-state index contributed by atoms with van der Waals surface area (Å²) in [6.45, 7) is 2.65. The van der Waals surface area contributed by atoms with Gasteiger partial charge >= 0.3 is 0 Å². The van der Waals surface area contributed by atoms with Crippen molar-refractivity contribution in [3.8, 4) is 0 Å². The van der Waals surface area contributed by atoms with E-state index in [0.29, 0.717) is 13.0 Å². The molecule has 1 aromatic carbocycles. The standard InChI is InChI=1S/C12H14FNO/c1-2-12(7-11(15)14-8-12)9-4-3-5-10(13)6-9/h3-6H,2,7-8H2,1H3,(H,14,15). The molecule has 0 aliphatic carbocycles. The molecule has 15 heavy (non-hydrogen) atoms. The Hall–Kier alpha value is -1.38. The van der Waals surface area contributed by atoms with E-state index in [4.69, 9.17) is 0 Å². The van der Waals surface area contributed by atoms with Crippen LogP contribution in [0.4, 0.5) is 4.39 Å². The Morgan fingerprint density at radius 3 is 2.87 bits per heavy atom. The molecule has 1 heterocycles. The lowest BCUT2D eigenvalue weighted by molar-refractivity contribution is -0.119. The first kappa shape index (κ1) is 10.1. The second kappa shape index (κ2) is 3.65. The Morgan fingerprint density at radius 2 is 2.33 bits per heavy atom. The Labute approximate surface area is 88.5 Å². The molecule has 2 rings (SSSR count). The Bertz CT molecular complexity index is 391. The zero-order valence-corrected chi connectivity index (χ0v) is 8.72. The third-order valence-corrected chi connectivity index (χ3v) is 3.24. The smallest absolute Gasteiger partial charge is 0.220 e. The molecule has 0 bridgehead atoms. The van der Waals surface area contributed by atoms with Crippen LogP contribution in [0.1, 0.15) is 25.3 Å². The van der Waals surface area contributed by atoms with Gasteiger partial charge in [-0.1, -0.05) is 19.1 Å². The molecule has 0 aromatic heterocycles. The minimum absolute atomic E-state index is 0.0566. The van der Waals surface area contributed by atoms with Gasteiger partial charge in [0.05, 0.1) is 0 Å². The normalized spacial score (nSPS) is 25.3. The molecule has 1 amide bonds. The predicted molar refractivity (Wildman–Crippen MR) is 56.0 cm³/mol. The van der Waals surface area contributed by atoms with Crippen molar-refractivity contribution in [1.29, 1.82) is 0 Å². The largest absolute Gasteiger partial charge is 0.355 e. The zero-order chi connectivity index (χ0) is 10.9. The third-order valence-electron chi connectivity index (χ3n) is 3.24. The van der Waals surface area contributed by atoms with E-state index in [1.807, 2.05) is 13.0 Å². The maximum Gasteiger partial charge on any atom is 0.220 e. The molecule has 2 nitrogen and oxygen atoms in total. The van der Waals surface area contributed by atoms with E-state index in [1.165, 1.54) is 12.1 Å². The number of hydrogen-bond acceptors (Lipinski definition) is 1. The van der Waals surface area contributed by atoms with Gasteiger partial charge in [0.2, 0.25) is 5.91 Å². The zero-order valence-electron chi connectivity index (χ0n) is 8.72. The maximum absolute atomic E-state index is 13.1. The highest BCUT2D eigenvalue weighted by Gasteiger charge is 2.38. The Balaban J connectivity index is 2.38. The topological polar surface area (TPSA) is 29.1 Å². The van der Waals surface area contributed by atoms with Crippen molar-refractivity contribution in [1.82, 2.24) is 5.32 Å². The van der Waals surface area contributed by atoms with E-state index in [1.54, 1.807) is 6.07 Å². The van der Waals surface area contributed by atoms with Gasteiger partial charge in [-0.25, -0.2) is 4.39 Å². The van der Waals surface area contributed by atoms with Crippen LogP contribution in [0, 0.1) is 5.82 Å². The summed E-state index contributed by atoms with van der Waals surface area (Å²) in [5.41, 5.74) is 0.711. The van der Waals surface area contributed by atoms with Crippen LogP contribution in [-0.2, 0) is 10.2 Å². The highest BCUT2D eigenvalue weighted by atomic mass is 19.1. The molecule has 3 heteroatoms. The van der Waals surface area contributed by atoms with Crippen LogP contribution in [0.15, 0.2) is 24.3 Å². The first-order chi connectivity index (χ1) is 7.16. The number of benzene rings is 1. The predicted octanol–water partition coefficient (Wildman–Crippen LogP) is 1.99. The molecule has 1 atom stereocenters. The number of nitrogens with one attached hydrogen (secondary N) is 1. The molecule has 0 spiro atoms. The van der Waals surface area contributed by atoms with Crippen LogP contribution in [0.5, 0.6) is 0 Å². The minimum Gasteiger partial charge on any atom is -0.355 e. The second-order valence-corrected chi connectivity index (χ2v) is 4.10. The number of halogens is 1. The summed E-state index contributed by atoms with van der Waals surface area (Å²) in [4.78, 5) is 11.3. The fourth-order valence-electron chi connectivity index (χ4n) is 2.18. The van der Waals surface area contributed by atoms with Crippen molar-refractivity contribution >= 4 is 5.91 Å². The molecular formula is C12H14FNO. The van der Waals surface area contributed by atoms with Gasteiger partial charge in [-0.2, -0.15) is 0 Å². The summed E-state index contributed by atoms with van der Waals surface area (Å²) >= 11 is 0. The molecule has 1 N–H and O–H groups in total. The van der Waals surface area contributed by atoms with Crippen molar-refractivity contribution in [3.63, 3.8) is 0 Å². The van der Waals surface area contributed by atoms with Crippen LogP contribution in [0.3, 0.4) is 0 Å². The first-order valence-corrected chi connectivity index (χ1v) is 5.19. The van der Waals surface area contributed by atoms with E-state index < -0.39 is 0 Å². The second-order valence-electron chi connectivity index (χ2n) is 4.10. The third kappa shape index (κ3) is 1.74. The van der Waals surface area contributed by atoms with Crippen molar-refractivity contribution in [2.24, 2.45) is 0 Å². The van der Waals surface area contributed by atoms with Crippen LogP contribution >= 0.6 is 0 Å². The fraction of sp³-hybridized carbons (Fsp3) is 0.417. The maximum atomic E-state index is 13.1. The molecular weight excluding hydrogens is 193 g/mol. The van der Waals surface area contributed by atoms with Crippen LogP contribution in [0.2, 0.25) is 0 Å². The number of hydrogen-bond donors (Lipinski definition) is 1. The summed E-state index contributed by atoms with van der Waals surface area (Å²) < 4.78 is 13.1. The van der Waals surface area contributed by atoms with Crippen molar-refractivity contribution in [2.45, 2.75) is 25.2 Å². The van der Waals surface area contributed by atoms with Crippen LogP contribution < -0.4 is 5.32 Å². The average Bonchev–Trinajstić information content (AvgIpc) is 2.61. The molecule has 1 fully saturated rings. The van der Waals surface area contributed by atoms with Gasteiger partial charge in [0.1, 0.15) is 5.82 Å². The van der Waals surface area contributed by atoms with Gasteiger partial charge in [-0.3, -0.25) is 4.79 Å². The summed E-state index contributed by atoms with van der Waals surface area (Å²) in [6.07, 6.45) is 1.31. The Morgan fingerprint density at radius 1 is 1.53 bits per heavy atom. The number of carbonyl (C=O) groups excluding carboxylic acids is 1. The lowest BCUT2D eigenvalue weighted by Crippen LogP contribution is -2.28. The molecule has 1 aliphatic rings. The lowest BCUT2D eigenvalue weighted by Gasteiger charge is -2.25. The number of amides is 1. The summed E-state index contributed by atoms with van der Waals surface area (Å²) in [6, 6.07) is 6.55. The number of carbonyl (C=O) groups is 1. The van der Waals surface area contributed by atoms with Gasteiger partial charge in [0.25, 0.3) is 0 Å². The lowest BCUT2D eigenvalue weighted by atomic mass is 9.77. The molecule has 0 saturated carbocycles. The van der Waals surface area contributed by atoms with Crippen molar-refractivity contribution in [2.75, 3.05) is 6.54 Å². The Kier molecular flexibility index (Phi) is 2.47. The average molecular weight is 207 g/mol. The van der Waals surface area contributed by atoms with Gasteiger partial charge < -0.3 is 5.32 Å². The summed E-state index contributed by atoms with van der Waals surface area (Å²) in [5, 5.41) is 2.82. The van der Waals surface area contributed by atoms with E-state index in [0.717, 1.165) is 12.0 Å². The summed E-state index contributed by atoms with van der Waals surface area (Å²) in [7, 11) is 0. The van der Waals surface area contributed by atoms with Crippen molar-refractivity contribution < 1.29 is 9.18 Å². The number of rotatable bonds is 2. The first-order valence-electron chi connectivity index (χ1n) is 5.19. The van der Waals surface area contributed by atoms with E-state index in [-0.39, 0.29) is 17.1 Å². The molecule has 1 aromatic rings. The van der Waals surface area contributed by atoms with Crippen LogP contribution in [-0.4, -0.2) is 12.5 Å². The molecule has 80 valence electrons. The monoisotopic (exact) mass is 207 g/mol. The molecule has 1 aliphatic heterocycles. The van der Waals surface area contributed by atoms with E-state index in [2.05, 4.69) is 5.32 Å². The highest BCUT2D eigenvalue weighted by Crippen LogP contribution is 2.34. The van der Waals surface area contributed by atoms with E-state index >= 15 is 0 Å². The van der Waals surface area contributed by atoms with E-state index in [9.17, 15) is 9.18 Å². The van der Waals surface area contributed by atoms with Crippen molar-refractivity contribution in [3.05, 3.63) is 35.6 Å². The minimum atomic E-state index is -0.236. The highest BCUT2D eigenvalue weighted by molar-refractivity contribution is 5.80. The quantitative estimate of drug-likeness (QED) is 0.789. The molecule has 0 radical (unpaired) electrons. The van der Waals surface area contributed by atoms with Gasteiger partial charge in [-0.05, 0) is 24.1 Å². The molecule has 1 saturated heterocycles. The van der Waals surface area contributed by atoms with Gasteiger partial charge in [0.15, 0.2) is 0 Å². The SMILES string of the molecule is CCC1(c2cccc(F)c2)CNC(=O)C1.